The molecule has 1 aromatic heterocycles. The Kier molecular flexibility index (Phi) is 5.27. The van der Waals surface area contributed by atoms with E-state index in [1.807, 2.05) is 18.2 Å². The number of ether oxygens (including phenoxy) is 2. The van der Waals surface area contributed by atoms with Gasteiger partial charge in [-0.05, 0) is 37.1 Å². The summed E-state index contributed by atoms with van der Waals surface area (Å²) in [6.07, 6.45) is 1.75. The molecule has 28 heavy (non-hydrogen) atoms. The fraction of sp³-hybridized carbons (Fsp3) is 0.350. The number of rotatable bonds is 5. The summed E-state index contributed by atoms with van der Waals surface area (Å²) in [5, 5.41) is 1.01. The van der Waals surface area contributed by atoms with Gasteiger partial charge in [-0.15, -0.1) is 11.3 Å². The third-order valence-corrected chi connectivity index (χ3v) is 8.10. The summed E-state index contributed by atoms with van der Waals surface area (Å²) in [6, 6.07) is 12.7. The highest BCUT2D eigenvalue weighted by molar-refractivity contribution is 7.89. The van der Waals surface area contributed by atoms with Crippen LogP contribution in [-0.2, 0) is 10.0 Å². The summed E-state index contributed by atoms with van der Waals surface area (Å²) in [6.45, 7) is 0.953. The van der Waals surface area contributed by atoms with Crippen LogP contribution in [-0.4, -0.2) is 45.0 Å². The Morgan fingerprint density at radius 1 is 1.11 bits per heavy atom. The highest BCUT2D eigenvalue weighted by Gasteiger charge is 2.32. The predicted molar refractivity (Wildman–Crippen MR) is 110 cm³/mol. The number of hydrogen-bond acceptors (Lipinski definition) is 6. The van der Waals surface area contributed by atoms with E-state index in [0.29, 0.717) is 24.6 Å². The molecule has 2 heterocycles. The molecule has 0 N–H and O–H groups in total. The number of benzene rings is 2. The summed E-state index contributed by atoms with van der Waals surface area (Å²) >= 11 is 1.65. The van der Waals surface area contributed by atoms with E-state index in [1.165, 1.54) is 20.3 Å². The molecule has 3 aromatic rings. The molecule has 2 aromatic carbocycles. The molecule has 0 bridgehead atoms. The second-order valence-corrected chi connectivity index (χ2v) is 9.74. The van der Waals surface area contributed by atoms with E-state index in [-0.39, 0.29) is 10.8 Å². The van der Waals surface area contributed by atoms with Crippen LogP contribution in [0.25, 0.3) is 10.2 Å². The van der Waals surface area contributed by atoms with E-state index in [1.54, 1.807) is 27.8 Å². The normalized spacial score (nSPS) is 18.3. The lowest BCUT2D eigenvalue weighted by Crippen LogP contribution is -2.39. The Bertz CT molecular complexity index is 1060. The van der Waals surface area contributed by atoms with Crippen LogP contribution in [0.5, 0.6) is 11.5 Å². The first-order chi connectivity index (χ1) is 13.5. The largest absolute Gasteiger partial charge is 0.493 e. The maximum absolute atomic E-state index is 13.2. The lowest BCUT2D eigenvalue weighted by molar-refractivity contribution is 0.315. The van der Waals surface area contributed by atoms with Crippen molar-refractivity contribution in [1.82, 2.24) is 9.29 Å². The van der Waals surface area contributed by atoms with E-state index >= 15 is 0 Å². The molecule has 0 amide bonds. The van der Waals surface area contributed by atoms with E-state index in [4.69, 9.17) is 14.5 Å². The van der Waals surface area contributed by atoms with Crippen molar-refractivity contribution in [3.8, 4) is 11.5 Å². The molecule has 0 spiro atoms. The van der Waals surface area contributed by atoms with Crippen LogP contribution in [0.2, 0.25) is 0 Å². The van der Waals surface area contributed by atoms with Crippen molar-refractivity contribution in [2.75, 3.05) is 27.3 Å². The van der Waals surface area contributed by atoms with Crippen molar-refractivity contribution in [1.29, 1.82) is 0 Å². The Morgan fingerprint density at radius 2 is 1.89 bits per heavy atom. The standard InChI is InChI=1S/C20H22N2O4S2/c1-25-17-10-9-15(12-18(17)26-2)28(23,24)22-11-5-6-14(13-22)20-21-16-7-3-4-8-19(16)27-20/h3-4,7-10,12,14H,5-6,11,13H2,1-2H3/t14-/m0/s1. The number of para-hydroxylation sites is 1. The number of methoxy groups -OCH3 is 2. The van der Waals surface area contributed by atoms with Crippen molar-refractivity contribution in [3.05, 3.63) is 47.5 Å². The highest BCUT2D eigenvalue weighted by Crippen LogP contribution is 2.36. The first-order valence-electron chi connectivity index (χ1n) is 9.10. The molecule has 1 fully saturated rings. The molecule has 0 saturated carbocycles. The van der Waals surface area contributed by atoms with Crippen molar-refractivity contribution in [2.24, 2.45) is 0 Å². The number of thiazole rings is 1. The maximum atomic E-state index is 13.2. The Balaban J connectivity index is 1.61. The van der Waals surface area contributed by atoms with Crippen molar-refractivity contribution < 1.29 is 17.9 Å². The predicted octanol–water partition coefficient (Wildman–Crippen LogP) is 3.88. The molecule has 0 unspecified atom stereocenters. The quantitative estimate of drug-likeness (QED) is 0.629. The minimum atomic E-state index is -3.62. The second-order valence-electron chi connectivity index (χ2n) is 6.74. The van der Waals surface area contributed by atoms with Crippen LogP contribution in [0.3, 0.4) is 0 Å². The molecule has 8 heteroatoms. The van der Waals surface area contributed by atoms with Crippen LogP contribution >= 0.6 is 11.3 Å². The van der Waals surface area contributed by atoms with Crippen LogP contribution in [0.1, 0.15) is 23.8 Å². The zero-order chi connectivity index (χ0) is 19.7. The molecule has 148 valence electrons. The van der Waals surface area contributed by atoms with Crippen LogP contribution in [0, 0.1) is 0 Å². The number of aromatic nitrogens is 1. The second kappa shape index (κ2) is 7.69. The van der Waals surface area contributed by atoms with Gasteiger partial charge in [-0.25, -0.2) is 13.4 Å². The summed E-state index contributed by atoms with van der Waals surface area (Å²) in [4.78, 5) is 4.95. The molecule has 0 aliphatic carbocycles. The van der Waals surface area contributed by atoms with E-state index < -0.39 is 10.0 Å². The average molecular weight is 419 g/mol. The lowest BCUT2D eigenvalue weighted by atomic mass is 10.0. The Morgan fingerprint density at radius 3 is 2.64 bits per heavy atom. The molecular weight excluding hydrogens is 396 g/mol. The molecule has 1 aliphatic rings. The van der Waals surface area contributed by atoms with E-state index in [0.717, 1.165) is 28.1 Å². The topological polar surface area (TPSA) is 68.7 Å². The van der Waals surface area contributed by atoms with Gasteiger partial charge in [0.2, 0.25) is 10.0 Å². The third kappa shape index (κ3) is 3.47. The fourth-order valence-electron chi connectivity index (χ4n) is 3.55. The molecule has 4 rings (SSSR count). The van der Waals surface area contributed by atoms with Gasteiger partial charge >= 0.3 is 0 Å². The van der Waals surface area contributed by atoms with Crippen molar-refractivity contribution in [3.63, 3.8) is 0 Å². The van der Waals surface area contributed by atoms with Gasteiger partial charge in [0, 0.05) is 25.1 Å². The number of piperidine rings is 1. The summed E-state index contributed by atoms with van der Waals surface area (Å²) in [5.41, 5.74) is 0.974. The van der Waals surface area contributed by atoms with Crippen LogP contribution in [0.4, 0.5) is 0 Å². The first kappa shape index (κ1) is 19.2. The van der Waals surface area contributed by atoms with Gasteiger partial charge in [0.05, 0.1) is 34.3 Å². The van der Waals surface area contributed by atoms with Crippen LogP contribution < -0.4 is 9.47 Å². The minimum Gasteiger partial charge on any atom is -0.493 e. The number of sulfonamides is 1. The van der Waals surface area contributed by atoms with E-state index in [2.05, 4.69) is 6.07 Å². The van der Waals surface area contributed by atoms with Crippen molar-refractivity contribution >= 4 is 31.6 Å². The zero-order valence-electron chi connectivity index (χ0n) is 15.8. The molecule has 6 nitrogen and oxygen atoms in total. The number of fused-ring (bicyclic) bond motifs is 1. The SMILES string of the molecule is COc1ccc(S(=O)(=O)N2CCC[C@H](c3nc4ccccc4s3)C2)cc1OC. The molecule has 1 aliphatic heterocycles. The highest BCUT2D eigenvalue weighted by atomic mass is 32.2. The zero-order valence-corrected chi connectivity index (χ0v) is 17.4. The first-order valence-corrected chi connectivity index (χ1v) is 11.4. The minimum absolute atomic E-state index is 0.112. The smallest absolute Gasteiger partial charge is 0.243 e. The van der Waals surface area contributed by atoms with Gasteiger partial charge in [0.1, 0.15) is 0 Å². The number of hydrogen-bond donors (Lipinski definition) is 0. The summed E-state index contributed by atoms with van der Waals surface area (Å²) < 4.78 is 39.6. The Labute approximate surface area is 168 Å². The van der Waals surface area contributed by atoms with Gasteiger partial charge in [-0.3, -0.25) is 0 Å². The Hall–Kier alpha value is -2.16. The molecular formula is C20H22N2O4S2. The lowest BCUT2D eigenvalue weighted by Gasteiger charge is -2.31. The molecule has 1 atom stereocenters. The van der Waals surface area contributed by atoms with Gasteiger partial charge in [-0.1, -0.05) is 12.1 Å². The third-order valence-electron chi connectivity index (χ3n) is 5.04. The monoisotopic (exact) mass is 418 g/mol. The molecule has 1 saturated heterocycles. The maximum Gasteiger partial charge on any atom is 0.243 e. The van der Waals surface area contributed by atoms with Crippen LogP contribution in [0.15, 0.2) is 47.4 Å². The van der Waals surface area contributed by atoms with Gasteiger partial charge in [0.15, 0.2) is 11.5 Å². The van der Waals surface area contributed by atoms with Gasteiger partial charge in [-0.2, -0.15) is 4.31 Å². The van der Waals surface area contributed by atoms with Crippen molar-refractivity contribution in [2.45, 2.75) is 23.7 Å². The molecule has 0 radical (unpaired) electrons. The summed E-state index contributed by atoms with van der Waals surface area (Å²) in [7, 11) is -0.591. The van der Waals surface area contributed by atoms with Gasteiger partial charge in [0.25, 0.3) is 0 Å². The number of nitrogens with zero attached hydrogens (tertiary/aromatic N) is 2. The summed E-state index contributed by atoms with van der Waals surface area (Å²) in [5.74, 6) is 1.02. The fourth-order valence-corrected chi connectivity index (χ4v) is 6.19. The average Bonchev–Trinajstić information content (AvgIpc) is 3.17. The van der Waals surface area contributed by atoms with E-state index in [9.17, 15) is 8.42 Å². The van der Waals surface area contributed by atoms with Gasteiger partial charge < -0.3 is 9.47 Å².